The minimum Gasteiger partial charge on any atom is -0.392 e. The zero-order chi connectivity index (χ0) is 14.7. The number of aryl methyl sites for hydroxylation is 2. The topological polar surface area (TPSA) is 88.3 Å². The van der Waals surface area contributed by atoms with Crippen LogP contribution in [0.15, 0.2) is 30.3 Å². The van der Waals surface area contributed by atoms with Gasteiger partial charge in [-0.2, -0.15) is 0 Å². The maximum Gasteiger partial charge on any atom is 0.314 e. The average Bonchev–Trinajstić information content (AvgIpc) is 2.38. The van der Waals surface area contributed by atoms with Crippen molar-refractivity contribution < 1.29 is 10.0 Å². The molecule has 0 radical (unpaired) electrons. The molecular formula is C14H15N3O3. The van der Waals surface area contributed by atoms with E-state index in [0.29, 0.717) is 16.9 Å². The van der Waals surface area contributed by atoms with Crippen LogP contribution in [0.5, 0.6) is 0 Å². The van der Waals surface area contributed by atoms with Crippen LogP contribution in [0.3, 0.4) is 0 Å². The van der Waals surface area contributed by atoms with Gasteiger partial charge in [-0.1, -0.05) is 12.1 Å². The van der Waals surface area contributed by atoms with E-state index >= 15 is 0 Å². The van der Waals surface area contributed by atoms with Gasteiger partial charge in [-0.05, 0) is 37.6 Å². The standard InChI is InChI=1S/C14H15N3O3/c1-9-7-10(2)15-14(13(9)17(19)20)16-12-5-3-11(8-18)4-6-12/h3-7,18H,8H2,1-2H3,(H,15,16). The fourth-order valence-electron chi connectivity index (χ4n) is 1.98. The summed E-state index contributed by atoms with van der Waals surface area (Å²) in [7, 11) is 0. The number of aromatic nitrogens is 1. The van der Waals surface area contributed by atoms with Crippen molar-refractivity contribution in [3.05, 3.63) is 57.3 Å². The lowest BCUT2D eigenvalue weighted by Gasteiger charge is -2.09. The van der Waals surface area contributed by atoms with Gasteiger partial charge in [0.05, 0.1) is 11.5 Å². The molecule has 0 spiro atoms. The first kappa shape index (κ1) is 14.0. The van der Waals surface area contributed by atoms with Crippen LogP contribution in [-0.4, -0.2) is 15.0 Å². The normalized spacial score (nSPS) is 10.3. The van der Waals surface area contributed by atoms with E-state index in [2.05, 4.69) is 10.3 Å². The summed E-state index contributed by atoms with van der Waals surface area (Å²) in [4.78, 5) is 14.9. The van der Waals surface area contributed by atoms with Gasteiger partial charge in [0.1, 0.15) is 0 Å². The van der Waals surface area contributed by atoms with Crippen molar-refractivity contribution in [2.45, 2.75) is 20.5 Å². The molecule has 6 heteroatoms. The van der Waals surface area contributed by atoms with Gasteiger partial charge in [-0.3, -0.25) is 10.1 Å². The first-order chi connectivity index (χ1) is 9.51. The Labute approximate surface area is 116 Å². The minimum absolute atomic E-state index is 0.0261. The fourth-order valence-corrected chi connectivity index (χ4v) is 1.98. The van der Waals surface area contributed by atoms with E-state index in [9.17, 15) is 10.1 Å². The second kappa shape index (κ2) is 5.66. The molecule has 104 valence electrons. The second-order valence-corrected chi connectivity index (χ2v) is 4.51. The number of hydrogen-bond acceptors (Lipinski definition) is 5. The lowest BCUT2D eigenvalue weighted by molar-refractivity contribution is -0.384. The van der Waals surface area contributed by atoms with E-state index in [-0.39, 0.29) is 18.1 Å². The Morgan fingerprint density at radius 1 is 1.30 bits per heavy atom. The van der Waals surface area contributed by atoms with Crippen molar-refractivity contribution in [2.24, 2.45) is 0 Å². The third-order valence-electron chi connectivity index (χ3n) is 2.89. The molecule has 1 aromatic carbocycles. The van der Waals surface area contributed by atoms with E-state index in [0.717, 1.165) is 5.56 Å². The smallest absolute Gasteiger partial charge is 0.314 e. The van der Waals surface area contributed by atoms with Gasteiger partial charge in [0.2, 0.25) is 5.82 Å². The van der Waals surface area contributed by atoms with Crippen LogP contribution in [-0.2, 0) is 6.61 Å². The average molecular weight is 273 g/mol. The van der Waals surface area contributed by atoms with Crippen molar-refractivity contribution in [1.82, 2.24) is 4.98 Å². The Bertz CT molecular complexity index is 639. The third kappa shape index (κ3) is 2.92. The summed E-state index contributed by atoms with van der Waals surface area (Å²) in [6, 6.07) is 8.66. The molecule has 0 aliphatic rings. The highest BCUT2D eigenvalue weighted by Crippen LogP contribution is 2.29. The number of anilines is 2. The summed E-state index contributed by atoms with van der Waals surface area (Å²) >= 11 is 0. The predicted molar refractivity (Wildman–Crippen MR) is 76.0 cm³/mol. The molecule has 2 rings (SSSR count). The monoisotopic (exact) mass is 273 g/mol. The van der Waals surface area contributed by atoms with E-state index in [1.165, 1.54) is 0 Å². The summed E-state index contributed by atoms with van der Waals surface area (Å²) in [5.41, 5.74) is 2.71. The molecule has 0 saturated carbocycles. The van der Waals surface area contributed by atoms with E-state index in [4.69, 9.17) is 5.11 Å². The van der Waals surface area contributed by atoms with Gasteiger partial charge in [0.15, 0.2) is 0 Å². The summed E-state index contributed by atoms with van der Waals surface area (Å²) in [5, 5.41) is 23.1. The van der Waals surface area contributed by atoms with Crippen LogP contribution < -0.4 is 5.32 Å². The number of nitrogens with zero attached hydrogens (tertiary/aromatic N) is 2. The molecule has 0 unspecified atom stereocenters. The molecule has 0 aliphatic heterocycles. The first-order valence-corrected chi connectivity index (χ1v) is 6.10. The maximum atomic E-state index is 11.1. The Morgan fingerprint density at radius 3 is 2.50 bits per heavy atom. The molecular weight excluding hydrogens is 258 g/mol. The van der Waals surface area contributed by atoms with E-state index in [1.807, 2.05) is 0 Å². The molecule has 20 heavy (non-hydrogen) atoms. The molecule has 0 atom stereocenters. The number of benzene rings is 1. The number of rotatable bonds is 4. The number of nitro groups is 1. The largest absolute Gasteiger partial charge is 0.392 e. The van der Waals surface area contributed by atoms with Gasteiger partial charge in [-0.25, -0.2) is 4.98 Å². The molecule has 1 heterocycles. The first-order valence-electron chi connectivity index (χ1n) is 6.10. The van der Waals surface area contributed by atoms with Crippen molar-refractivity contribution in [2.75, 3.05) is 5.32 Å². The third-order valence-corrected chi connectivity index (χ3v) is 2.89. The SMILES string of the molecule is Cc1cc(C)c([N+](=O)[O-])c(Nc2ccc(CO)cc2)n1. The predicted octanol–water partition coefficient (Wildman–Crippen LogP) is 2.84. The second-order valence-electron chi connectivity index (χ2n) is 4.51. The van der Waals surface area contributed by atoms with Crippen LogP contribution >= 0.6 is 0 Å². The lowest BCUT2D eigenvalue weighted by atomic mass is 10.2. The van der Waals surface area contributed by atoms with E-state index in [1.54, 1.807) is 44.2 Å². The Morgan fingerprint density at radius 2 is 1.95 bits per heavy atom. The van der Waals surface area contributed by atoms with Gasteiger partial charge in [0.25, 0.3) is 0 Å². The number of pyridine rings is 1. The Balaban J connectivity index is 2.39. The number of hydrogen-bond donors (Lipinski definition) is 2. The quantitative estimate of drug-likeness (QED) is 0.660. The van der Waals surface area contributed by atoms with Crippen LogP contribution in [0, 0.1) is 24.0 Å². The van der Waals surface area contributed by atoms with Crippen LogP contribution in [0.1, 0.15) is 16.8 Å². The molecule has 1 aromatic heterocycles. The molecule has 0 saturated heterocycles. The van der Waals surface area contributed by atoms with Gasteiger partial charge in [-0.15, -0.1) is 0 Å². The molecule has 6 nitrogen and oxygen atoms in total. The molecule has 0 bridgehead atoms. The van der Waals surface area contributed by atoms with Crippen molar-refractivity contribution >= 4 is 17.2 Å². The molecule has 0 aliphatic carbocycles. The summed E-state index contributed by atoms with van der Waals surface area (Å²) < 4.78 is 0. The number of aliphatic hydroxyl groups excluding tert-OH is 1. The highest BCUT2D eigenvalue weighted by Gasteiger charge is 2.19. The highest BCUT2D eigenvalue weighted by atomic mass is 16.6. The molecule has 2 N–H and O–H groups in total. The highest BCUT2D eigenvalue weighted by molar-refractivity contribution is 5.68. The summed E-state index contributed by atoms with van der Waals surface area (Å²) in [6.45, 7) is 3.44. The molecule has 0 fully saturated rings. The number of aliphatic hydroxyl groups is 1. The Hall–Kier alpha value is -2.47. The zero-order valence-electron chi connectivity index (χ0n) is 11.3. The maximum absolute atomic E-state index is 11.1. The van der Waals surface area contributed by atoms with Crippen LogP contribution in [0.4, 0.5) is 17.2 Å². The van der Waals surface area contributed by atoms with Gasteiger partial charge < -0.3 is 10.4 Å². The van der Waals surface area contributed by atoms with Crippen LogP contribution in [0.25, 0.3) is 0 Å². The summed E-state index contributed by atoms with van der Waals surface area (Å²) in [6.07, 6.45) is 0. The fraction of sp³-hybridized carbons (Fsp3) is 0.214. The van der Waals surface area contributed by atoms with Crippen LogP contribution in [0.2, 0.25) is 0 Å². The molecule has 0 amide bonds. The number of nitrogens with one attached hydrogen (secondary N) is 1. The summed E-state index contributed by atoms with van der Waals surface area (Å²) in [5.74, 6) is 0.226. The van der Waals surface area contributed by atoms with E-state index < -0.39 is 4.92 Å². The van der Waals surface area contributed by atoms with Crippen molar-refractivity contribution in [3.63, 3.8) is 0 Å². The minimum atomic E-state index is -0.438. The zero-order valence-corrected chi connectivity index (χ0v) is 11.3. The lowest BCUT2D eigenvalue weighted by Crippen LogP contribution is -2.03. The Kier molecular flexibility index (Phi) is 3.95. The van der Waals surface area contributed by atoms with Gasteiger partial charge >= 0.3 is 5.69 Å². The van der Waals surface area contributed by atoms with Crippen molar-refractivity contribution in [1.29, 1.82) is 0 Å². The molecule has 2 aromatic rings. The van der Waals surface area contributed by atoms with Gasteiger partial charge in [0, 0.05) is 16.9 Å². The van der Waals surface area contributed by atoms with Crippen molar-refractivity contribution in [3.8, 4) is 0 Å².